The molecule has 0 saturated heterocycles. The summed E-state index contributed by atoms with van der Waals surface area (Å²) >= 11 is 4.15. The van der Waals surface area contributed by atoms with Crippen LogP contribution >= 0.6 is 12.6 Å². The Hall–Kier alpha value is -0.840. The smallest absolute Gasteiger partial charge is 0.416 e. The van der Waals surface area contributed by atoms with E-state index in [4.69, 9.17) is 4.74 Å². The van der Waals surface area contributed by atoms with Gasteiger partial charge in [0.1, 0.15) is 5.75 Å². The van der Waals surface area contributed by atoms with E-state index in [1.165, 1.54) is 13.2 Å². The highest BCUT2D eigenvalue weighted by atomic mass is 32.1. The largest absolute Gasteiger partial charge is 0.496 e. The number of rotatable bonds is 4. The molecule has 0 heterocycles. The van der Waals surface area contributed by atoms with E-state index in [0.717, 1.165) is 17.7 Å². The summed E-state index contributed by atoms with van der Waals surface area (Å²) < 4.78 is 42.5. The average molecular weight is 264 g/mol. The number of methoxy groups -OCH3 is 1. The van der Waals surface area contributed by atoms with Crippen LogP contribution in [0.2, 0.25) is 0 Å². The van der Waals surface area contributed by atoms with Gasteiger partial charge in [0.25, 0.3) is 0 Å². The van der Waals surface area contributed by atoms with Crippen LogP contribution in [-0.4, -0.2) is 12.9 Å². The maximum absolute atomic E-state index is 12.5. The van der Waals surface area contributed by atoms with E-state index < -0.39 is 11.7 Å². The van der Waals surface area contributed by atoms with E-state index in [1.54, 1.807) is 0 Å². The fourth-order valence-corrected chi connectivity index (χ4v) is 1.66. The Morgan fingerprint density at radius 3 is 2.47 bits per heavy atom. The van der Waals surface area contributed by atoms with Crippen molar-refractivity contribution < 1.29 is 17.9 Å². The molecule has 0 bridgehead atoms. The molecule has 0 saturated carbocycles. The zero-order chi connectivity index (χ0) is 13.1. The zero-order valence-electron chi connectivity index (χ0n) is 9.71. The van der Waals surface area contributed by atoms with Crippen LogP contribution in [0.1, 0.15) is 18.1 Å². The lowest BCUT2D eigenvalue weighted by Crippen LogP contribution is -2.08. The maximum atomic E-state index is 12.5. The first-order valence-electron chi connectivity index (χ1n) is 5.23. The minimum absolute atomic E-state index is 0.286. The van der Waals surface area contributed by atoms with Gasteiger partial charge < -0.3 is 4.74 Å². The fourth-order valence-electron chi connectivity index (χ4n) is 1.53. The van der Waals surface area contributed by atoms with E-state index in [0.29, 0.717) is 18.1 Å². The molecule has 0 amide bonds. The van der Waals surface area contributed by atoms with Crippen LogP contribution in [0, 0.1) is 5.92 Å². The predicted octanol–water partition coefficient (Wildman–Crippen LogP) is 3.82. The molecule has 17 heavy (non-hydrogen) atoms. The normalized spacial score (nSPS) is 13.5. The summed E-state index contributed by atoms with van der Waals surface area (Å²) in [5, 5.41) is 0. The minimum atomic E-state index is -4.33. The summed E-state index contributed by atoms with van der Waals surface area (Å²) in [6.45, 7) is 1.99. The number of hydrogen-bond donors (Lipinski definition) is 1. The van der Waals surface area contributed by atoms with Crippen LogP contribution < -0.4 is 4.74 Å². The first kappa shape index (κ1) is 14.2. The van der Waals surface area contributed by atoms with Crippen LogP contribution in [0.15, 0.2) is 18.2 Å². The highest BCUT2D eigenvalue weighted by molar-refractivity contribution is 7.80. The van der Waals surface area contributed by atoms with Gasteiger partial charge in [-0.1, -0.05) is 13.0 Å². The van der Waals surface area contributed by atoms with Crippen molar-refractivity contribution in [2.45, 2.75) is 19.5 Å². The van der Waals surface area contributed by atoms with E-state index in [2.05, 4.69) is 12.6 Å². The van der Waals surface area contributed by atoms with Crippen LogP contribution in [0.4, 0.5) is 13.2 Å². The maximum Gasteiger partial charge on any atom is 0.416 e. The first-order chi connectivity index (χ1) is 7.88. The molecule has 0 aliphatic rings. The lowest BCUT2D eigenvalue weighted by Gasteiger charge is -2.14. The van der Waals surface area contributed by atoms with Crippen molar-refractivity contribution in [3.8, 4) is 5.75 Å². The SMILES string of the molecule is COc1cc(C(F)(F)F)ccc1CC(C)CS. The first-order valence-corrected chi connectivity index (χ1v) is 5.86. The topological polar surface area (TPSA) is 9.23 Å². The Morgan fingerprint density at radius 1 is 1.35 bits per heavy atom. The van der Waals surface area contributed by atoms with Crippen molar-refractivity contribution in [1.82, 2.24) is 0 Å². The summed E-state index contributed by atoms with van der Waals surface area (Å²) in [5.41, 5.74) is 0.0960. The minimum Gasteiger partial charge on any atom is -0.496 e. The Bertz CT molecular complexity index is 377. The number of benzene rings is 1. The number of alkyl halides is 3. The molecule has 5 heteroatoms. The van der Waals surface area contributed by atoms with Gasteiger partial charge in [-0.3, -0.25) is 0 Å². The molecule has 96 valence electrons. The number of ether oxygens (including phenoxy) is 1. The third-order valence-corrected chi connectivity index (χ3v) is 3.12. The van der Waals surface area contributed by atoms with Gasteiger partial charge in [0, 0.05) is 0 Å². The lowest BCUT2D eigenvalue weighted by molar-refractivity contribution is -0.137. The lowest BCUT2D eigenvalue weighted by atomic mass is 10.0. The van der Waals surface area contributed by atoms with Gasteiger partial charge in [0.15, 0.2) is 0 Å². The Morgan fingerprint density at radius 2 is 2.00 bits per heavy atom. The van der Waals surface area contributed by atoms with Gasteiger partial charge >= 0.3 is 6.18 Å². The van der Waals surface area contributed by atoms with Crippen molar-refractivity contribution in [2.24, 2.45) is 5.92 Å². The number of halogens is 3. The molecular formula is C12H15F3OS. The second-order valence-corrected chi connectivity index (χ2v) is 4.38. The molecule has 0 radical (unpaired) electrons. The molecule has 1 aromatic carbocycles. The van der Waals surface area contributed by atoms with Gasteiger partial charge in [-0.2, -0.15) is 25.8 Å². The molecule has 0 spiro atoms. The van der Waals surface area contributed by atoms with Crippen molar-refractivity contribution >= 4 is 12.6 Å². The van der Waals surface area contributed by atoms with Gasteiger partial charge in [-0.25, -0.2) is 0 Å². The average Bonchev–Trinajstić information content (AvgIpc) is 2.27. The van der Waals surface area contributed by atoms with Crippen LogP contribution in [0.3, 0.4) is 0 Å². The molecular weight excluding hydrogens is 249 g/mol. The molecule has 1 atom stereocenters. The third kappa shape index (κ3) is 3.84. The summed E-state index contributed by atoms with van der Waals surface area (Å²) in [4.78, 5) is 0. The molecule has 0 aliphatic heterocycles. The highest BCUT2D eigenvalue weighted by Crippen LogP contribution is 2.33. The van der Waals surface area contributed by atoms with Crippen molar-refractivity contribution in [1.29, 1.82) is 0 Å². The zero-order valence-corrected chi connectivity index (χ0v) is 10.6. The van der Waals surface area contributed by atoms with Gasteiger partial charge in [-0.15, -0.1) is 0 Å². The Labute approximate surface area is 104 Å². The van der Waals surface area contributed by atoms with E-state index in [1.807, 2.05) is 6.92 Å². The highest BCUT2D eigenvalue weighted by Gasteiger charge is 2.31. The Balaban J connectivity index is 3.01. The monoisotopic (exact) mass is 264 g/mol. The van der Waals surface area contributed by atoms with Gasteiger partial charge in [0.2, 0.25) is 0 Å². The summed E-state index contributed by atoms with van der Waals surface area (Å²) in [5.74, 6) is 1.27. The summed E-state index contributed by atoms with van der Waals surface area (Å²) in [6.07, 6.45) is -3.67. The van der Waals surface area contributed by atoms with E-state index in [-0.39, 0.29) is 5.75 Å². The third-order valence-electron chi connectivity index (χ3n) is 2.49. The van der Waals surface area contributed by atoms with E-state index >= 15 is 0 Å². The quantitative estimate of drug-likeness (QED) is 0.813. The summed E-state index contributed by atoms with van der Waals surface area (Å²) in [6, 6.07) is 3.60. The molecule has 0 fully saturated rings. The number of thiol groups is 1. The van der Waals surface area contributed by atoms with Crippen LogP contribution in [0.25, 0.3) is 0 Å². The molecule has 1 aromatic rings. The fraction of sp³-hybridized carbons (Fsp3) is 0.500. The second-order valence-electron chi connectivity index (χ2n) is 4.02. The molecule has 1 rings (SSSR count). The molecule has 0 aliphatic carbocycles. The van der Waals surface area contributed by atoms with Crippen molar-refractivity contribution in [2.75, 3.05) is 12.9 Å². The van der Waals surface area contributed by atoms with Crippen molar-refractivity contribution in [3.05, 3.63) is 29.3 Å². The van der Waals surface area contributed by atoms with Gasteiger partial charge in [0.05, 0.1) is 12.7 Å². The second kappa shape index (κ2) is 5.67. The summed E-state index contributed by atoms with van der Waals surface area (Å²) in [7, 11) is 1.38. The number of hydrogen-bond acceptors (Lipinski definition) is 2. The van der Waals surface area contributed by atoms with Gasteiger partial charge in [-0.05, 0) is 35.8 Å². The van der Waals surface area contributed by atoms with Crippen LogP contribution in [0.5, 0.6) is 5.75 Å². The molecule has 1 nitrogen and oxygen atoms in total. The molecule has 0 aromatic heterocycles. The standard InChI is InChI=1S/C12H15F3OS/c1-8(7-17)5-9-3-4-10(12(13,14)15)6-11(9)16-2/h3-4,6,8,17H,5,7H2,1-2H3. The molecule has 1 unspecified atom stereocenters. The van der Waals surface area contributed by atoms with Crippen molar-refractivity contribution in [3.63, 3.8) is 0 Å². The van der Waals surface area contributed by atoms with E-state index in [9.17, 15) is 13.2 Å². The molecule has 0 N–H and O–H groups in total. The van der Waals surface area contributed by atoms with Crippen LogP contribution in [-0.2, 0) is 12.6 Å². The predicted molar refractivity (Wildman–Crippen MR) is 64.7 cm³/mol. The Kier molecular flexibility index (Phi) is 4.74.